The van der Waals surface area contributed by atoms with Crippen molar-refractivity contribution in [1.29, 1.82) is 0 Å². The number of hydrogen-bond acceptors (Lipinski definition) is 3. The Balaban J connectivity index is 2.00. The predicted octanol–water partition coefficient (Wildman–Crippen LogP) is 2.86. The molecule has 0 fully saturated rings. The van der Waals surface area contributed by atoms with Gasteiger partial charge in [0.25, 0.3) is 0 Å². The summed E-state index contributed by atoms with van der Waals surface area (Å²) in [5.74, 6) is 0.340. The molecule has 0 amide bonds. The summed E-state index contributed by atoms with van der Waals surface area (Å²) in [6, 6.07) is 8.05. The van der Waals surface area contributed by atoms with E-state index in [1.807, 2.05) is 19.1 Å². The van der Waals surface area contributed by atoms with Crippen LogP contribution in [-0.2, 0) is 6.42 Å². The lowest BCUT2D eigenvalue weighted by Gasteiger charge is -2.14. The molecule has 2 aromatic rings. The summed E-state index contributed by atoms with van der Waals surface area (Å²) in [6.45, 7) is 2.32. The van der Waals surface area contributed by atoms with Gasteiger partial charge in [0.2, 0.25) is 0 Å². The summed E-state index contributed by atoms with van der Waals surface area (Å²) in [7, 11) is 0. The third-order valence-corrected chi connectivity index (χ3v) is 2.83. The average molecular weight is 260 g/mol. The van der Waals surface area contributed by atoms with E-state index in [0.29, 0.717) is 17.9 Å². The molecule has 0 saturated carbocycles. The molecule has 0 spiro atoms. The van der Waals surface area contributed by atoms with Crippen LogP contribution in [0.3, 0.4) is 0 Å². The Hall–Kier alpha value is -1.94. The third kappa shape index (κ3) is 3.76. The first kappa shape index (κ1) is 13.5. The maximum atomic E-state index is 13.2. The van der Waals surface area contributed by atoms with Crippen LogP contribution in [-0.4, -0.2) is 11.6 Å². The number of rotatable bonds is 5. The summed E-state index contributed by atoms with van der Waals surface area (Å²) in [4.78, 5) is 4.04. The van der Waals surface area contributed by atoms with Crippen molar-refractivity contribution in [3.8, 4) is 5.75 Å². The van der Waals surface area contributed by atoms with Crippen molar-refractivity contribution >= 4 is 0 Å². The second kappa shape index (κ2) is 6.29. The highest BCUT2D eigenvalue weighted by Gasteiger charge is 2.09. The van der Waals surface area contributed by atoms with Gasteiger partial charge < -0.3 is 10.5 Å². The first-order valence-electron chi connectivity index (χ1n) is 6.23. The number of nitrogens with two attached hydrogens (primary N) is 1. The van der Waals surface area contributed by atoms with Crippen LogP contribution in [0.5, 0.6) is 5.75 Å². The largest absolute Gasteiger partial charge is 0.493 e. The number of pyridine rings is 1. The Labute approximate surface area is 112 Å². The van der Waals surface area contributed by atoms with Crippen molar-refractivity contribution in [3.63, 3.8) is 0 Å². The molecular formula is C15H17FN2O. The van der Waals surface area contributed by atoms with Crippen molar-refractivity contribution in [2.45, 2.75) is 19.4 Å². The standard InChI is InChI=1S/C15H17FN2O/c1-11(17)14-9-13(16)4-5-15(14)19-8-6-12-3-2-7-18-10-12/h2-5,7,9-11H,6,8,17H2,1H3/t11-/m0/s1. The van der Waals surface area contributed by atoms with Gasteiger partial charge in [-0.05, 0) is 36.8 Å². The van der Waals surface area contributed by atoms with E-state index in [9.17, 15) is 4.39 Å². The topological polar surface area (TPSA) is 48.1 Å². The Morgan fingerprint density at radius 2 is 2.21 bits per heavy atom. The first-order chi connectivity index (χ1) is 9.16. The highest BCUT2D eigenvalue weighted by molar-refractivity contribution is 5.36. The molecule has 1 atom stereocenters. The van der Waals surface area contributed by atoms with Gasteiger partial charge in [0.1, 0.15) is 11.6 Å². The van der Waals surface area contributed by atoms with Gasteiger partial charge in [-0.3, -0.25) is 4.98 Å². The molecule has 0 bridgehead atoms. The molecule has 2 rings (SSSR count). The van der Waals surface area contributed by atoms with Crippen LogP contribution in [0.4, 0.5) is 4.39 Å². The van der Waals surface area contributed by atoms with Crippen molar-refractivity contribution in [1.82, 2.24) is 4.98 Å². The number of aromatic nitrogens is 1. The fourth-order valence-corrected chi connectivity index (χ4v) is 1.83. The Bertz CT molecular complexity index is 529. The van der Waals surface area contributed by atoms with Crippen LogP contribution in [0.25, 0.3) is 0 Å². The zero-order valence-electron chi connectivity index (χ0n) is 10.8. The van der Waals surface area contributed by atoms with Gasteiger partial charge >= 0.3 is 0 Å². The van der Waals surface area contributed by atoms with E-state index in [4.69, 9.17) is 10.5 Å². The van der Waals surface area contributed by atoms with Crippen molar-refractivity contribution < 1.29 is 9.13 Å². The monoisotopic (exact) mass is 260 g/mol. The molecule has 0 aliphatic heterocycles. The molecule has 0 aliphatic rings. The number of nitrogens with zero attached hydrogens (tertiary/aromatic N) is 1. The maximum absolute atomic E-state index is 13.2. The quantitative estimate of drug-likeness (QED) is 0.899. The van der Waals surface area contributed by atoms with Gasteiger partial charge in [0, 0.05) is 30.4 Å². The molecule has 3 nitrogen and oxygen atoms in total. The van der Waals surface area contributed by atoms with Crippen LogP contribution in [0.2, 0.25) is 0 Å². The van der Waals surface area contributed by atoms with Crippen LogP contribution >= 0.6 is 0 Å². The van der Waals surface area contributed by atoms with Crippen LogP contribution in [0.1, 0.15) is 24.1 Å². The van der Waals surface area contributed by atoms with E-state index >= 15 is 0 Å². The van der Waals surface area contributed by atoms with E-state index in [2.05, 4.69) is 4.98 Å². The lowest BCUT2D eigenvalue weighted by molar-refractivity contribution is 0.316. The number of hydrogen-bond donors (Lipinski definition) is 1. The molecule has 100 valence electrons. The highest BCUT2D eigenvalue weighted by atomic mass is 19.1. The molecule has 4 heteroatoms. The third-order valence-electron chi connectivity index (χ3n) is 2.83. The molecular weight excluding hydrogens is 243 g/mol. The number of ether oxygens (including phenoxy) is 1. The maximum Gasteiger partial charge on any atom is 0.124 e. The summed E-state index contributed by atoms with van der Waals surface area (Å²) in [5.41, 5.74) is 7.60. The van der Waals surface area contributed by atoms with Gasteiger partial charge in [-0.15, -0.1) is 0 Å². The van der Waals surface area contributed by atoms with Crippen molar-refractivity contribution in [2.24, 2.45) is 5.73 Å². The Morgan fingerprint density at radius 1 is 1.37 bits per heavy atom. The molecule has 2 N–H and O–H groups in total. The summed E-state index contributed by atoms with van der Waals surface area (Å²) in [6.07, 6.45) is 4.29. The summed E-state index contributed by atoms with van der Waals surface area (Å²) in [5, 5.41) is 0. The van der Waals surface area contributed by atoms with E-state index in [0.717, 1.165) is 12.0 Å². The number of benzene rings is 1. The van der Waals surface area contributed by atoms with Gasteiger partial charge in [-0.25, -0.2) is 4.39 Å². The lowest BCUT2D eigenvalue weighted by Crippen LogP contribution is -2.10. The second-order valence-corrected chi connectivity index (χ2v) is 4.43. The molecule has 0 unspecified atom stereocenters. The van der Waals surface area contributed by atoms with Crippen LogP contribution in [0.15, 0.2) is 42.7 Å². The Kier molecular flexibility index (Phi) is 4.47. The zero-order chi connectivity index (χ0) is 13.7. The predicted molar refractivity (Wildman–Crippen MR) is 72.4 cm³/mol. The van der Waals surface area contributed by atoms with Gasteiger partial charge in [0.15, 0.2) is 0 Å². The van der Waals surface area contributed by atoms with Gasteiger partial charge in [0.05, 0.1) is 6.61 Å². The van der Waals surface area contributed by atoms with Gasteiger partial charge in [-0.1, -0.05) is 6.07 Å². The average Bonchev–Trinajstić information content (AvgIpc) is 2.41. The van der Waals surface area contributed by atoms with Crippen LogP contribution in [0, 0.1) is 5.82 Å². The highest BCUT2D eigenvalue weighted by Crippen LogP contribution is 2.24. The second-order valence-electron chi connectivity index (χ2n) is 4.43. The van der Waals surface area contributed by atoms with Crippen molar-refractivity contribution in [2.75, 3.05) is 6.61 Å². The molecule has 19 heavy (non-hydrogen) atoms. The van der Waals surface area contributed by atoms with Crippen molar-refractivity contribution in [3.05, 3.63) is 59.7 Å². The minimum absolute atomic E-state index is 0.260. The lowest BCUT2D eigenvalue weighted by atomic mass is 10.1. The van der Waals surface area contributed by atoms with E-state index in [-0.39, 0.29) is 11.9 Å². The minimum atomic E-state index is -0.299. The van der Waals surface area contributed by atoms with E-state index in [1.165, 1.54) is 12.1 Å². The van der Waals surface area contributed by atoms with E-state index in [1.54, 1.807) is 18.5 Å². The van der Waals surface area contributed by atoms with E-state index < -0.39 is 0 Å². The molecule has 0 saturated heterocycles. The Morgan fingerprint density at radius 3 is 2.89 bits per heavy atom. The summed E-state index contributed by atoms with van der Waals surface area (Å²) >= 11 is 0. The smallest absolute Gasteiger partial charge is 0.124 e. The molecule has 1 aromatic carbocycles. The molecule has 1 heterocycles. The summed E-state index contributed by atoms with van der Waals surface area (Å²) < 4.78 is 18.9. The molecule has 0 radical (unpaired) electrons. The fraction of sp³-hybridized carbons (Fsp3) is 0.267. The SMILES string of the molecule is C[C@H](N)c1cc(F)ccc1OCCc1cccnc1. The fourth-order valence-electron chi connectivity index (χ4n) is 1.83. The molecule has 0 aliphatic carbocycles. The van der Waals surface area contributed by atoms with Gasteiger partial charge in [-0.2, -0.15) is 0 Å². The zero-order valence-corrected chi connectivity index (χ0v) is 10.8. The first-order valence-corrected chi connectivity index (χ1v) is 6.23. The minimum Gasteiger partial charge on any atom is -0.493 e. The number of halogens is 1. The molecule has 1 aromatic heterocycles. The normalized spacial score (nSPS) is 12.2. The van der Waals surface area contributed by atoms with Crippen LogP contribution < -0.4 is 10.5 Å².